The highest BCUT2D eigenvalue weighted by Crippen LogP contribution is 2.31. The van der Waals surface area contributed by atoms with Gasteiger partial charge in [0.1, 0.15) is 5.75 Å². The average molecular weight is 274 g/mol. The summed E-state index contributed by atoms with van der Waals surface area (Å²) in [5.41, 5.74) is 1.34. The van der Waals surface area contributed by atoms with Crippen molar-refractivity contribution >= 4 is 0 Å². The molecule has 1 N–H and O–H groups in total. The van der Waals surface area contributed by atoms with Gasteiger partial charge in [0.15, 0.2) is 0 Å². The normalized spacial score (nSPS) is 24.8. The Morgan fingerprint density at radius 2 is 2.00 bits per heavy atom. The van der Waals surface area contributed by atoms with E-state index in [2.05, 4.69) is 29.3 Å². The van der Waals surface area contributed by atoms with E-state index < -0.39 is 0 Å². The van der Waals surface area contributed by atoms with Crippen LogP contribution in [0.15, 0.2) is 24.3 Å². The maximum absolute atomic E-state index is 5.20. The molecule has 1 aromatic rings. The molecule has 1 aromatic carbocycles. The minimum Gasteiger partial charge on any atom is -0.497 e. The minimum atomic E-state index is 0.413. The van der Waals surface area contributed by atoms with E-state index in [0.29, 0.717) is 6.04 Å². The van der Waals surface area contributed by atoms with Crippen LogP contribution in [0.1, 0.15) is 37.8 Å². The summed E-state index contributed by atoms with van der Waals surface area (Å²) in [5, 5.41) is 3.69. The van der Waals surface area contributed by atoms with Gasteiger partial charge < -0.3 is 15.0 Å². The van der Waals surface area contributed by atoms with Crippen LogP contribution in [0.4, 0.5) is 0 Å². The third kappa shape index (κ3) is 3.33. The Hall–Kier alpha value is -1.06. The van der Waals surface area contributed by atoms with E-state index in [9.17, 15) is 0 Å². The van der Waals surface area contributed by atoms with Gasteiger partial charge in [-0.05, 0) is 62.9 Å². The van der Waals surface area contributed by atoms with Crippen LogP contribution in [0.2, 0.25) is 0 Å². The molecule has 20 heavy (non-hydrogen) atoms. The predicted molar refractivity (Wildman–Crippen MR) is 82.1 cm³/mol. The first-order chi connectivity index (χ1) is 9.76. The molecular weight excluding hydrogens is 248 g/mol. The van der Waals surface area contributed by atoms with E-state index in [4.69, 9.17) is 4.74 Å². The number of rotatable bonds is 6. The fraction of sp³-hybridized carbons (Fsp3) is 0.647. The molecule has 3 nitrogen and oxygen atoms in total. The zero-order valence-corrected chi connectivity index (χ0v) is 12.6. The Kier molecular flexibility index (Phi) is 4.27. The Labute approximate surface area is 122 Å². The number of hydrogen-bond acceptors (Lipinski definition) is 3. The lowest BCUT2D eigenvalue weighted by atomic mass is 10.1. The average Bonchev–Trinajstić information content (AvgIpc) is 3.24. The summed E-state index contributed by atoms with van der Waals surface area (Å²) in [7, 11) is 1.71. The van der Waals surface area contributed by atoms with Gasteiger partial charge in [0.05, 0.1) is 7.11 Å². The molecule has 2 atom stereocenters. The van der Waals surface area contributed by atoms with Crippen LogP contribution < -0.4 is 10.1 Å². The number of nitrogens with zero attached hydrogens (tertiary/aromatic N) is 1. The SMILES string of the molecule is COc1ccc(C(C)NCC2CCN(C3CC3)C2)cc1. The van der Waals surface area contributed by atoms with E-state index >= 15 is 0 Å². The third-order valence-electron chi connectivity index (χ3n) is 4.71. The first kappa shape index (κ1) is 13.9. The van der Waals surface area contributed by atoms with Crippen molar-refractivity contribution < 1.29 is 4.74 Å². The highest BCUT2D eigenvalue weighted by molar-refractivity contribution is 5.28. The number of likely N-dealkylation sites (tertiary alicyclic amines) is 1. The first-order valence-electron chi connectivity index (χ1n) is 7.87. The maximum atomic E-state index is 5.20. The fourth-order valence-corrected chi connectivity index (χ4v) is 3.15. The molecule has 0 bridgehead atoms. The summed E-state index contributed by atoms with van der Waals surface area (Å²) in [6, 6.07) is 9.73. The number of ether oxygens (including phenoxy) is 1. The van der Waals surface area contributed by atoms with Gasteiger partial charge in [0.25, 0.3) is 0 Å². The van der Waals surface area contributed by atoms with Crippen LogP contribution in [0.3, 0.4) is 0 Å². The number of methoxy groups -OCH3 is 1. The van der Waals surface area contributed by atoms with E-state index in [0.717, 1.165) is 24.3 Å². The molecular formula is C17H26N2O. The second-order valence-corrected chi connectivity index (χ2v) is 6.28. The van der Waals surface area contributed by atoms with Crippen molar-refractivity contribution in [2.45, 2.75) is 38.3 Å². The summed E-state index contributed by atoms with van der Waals surface area (Å²) in [6.07, 6.45) is 4.23. The van der Waals surface area contributed by atoms with Crippen LogP contribution in [-0.4, -0.2) is 37.7 Å². The van der Waals surface area contributed by atoms with E-state index in [1.54, 1.807) is 7.11 Å². The largest absolute Gasteiger partial charge is 0.497 e. The quantitative estimate of drug-likeness (QED) is 0.863. The number of benzene rings is 1. The molecule has 2 fully saturated rings. The van der Waals surface area contributed by atoms with Crippen molar-refractivity contribution in [2.75, 3.05) is 26.7 Å². The molecule has 1 aliphatic carbocycles. The van der Waals surface area contributed by atoms with Crippen molar-refractivity contribution in [2.24, 2.45) is 5.92 Å². The van der Waals surface area contributed by atoms with Crippen molar-refractivity contribution in [1.29, 1.82) is 0 Å². The highest BCUT2D eigenvalue weighted by Gasteiger charge is 2.34. The molecule has 1 saturated carbocycles. The number of hydrogen-bond donors (Lipinski definition) is 1. The van der Waals surface area contributed by atoms with Crippen LogP contribution in [0.25, 0.3) is 0 Å². The summed E-state index contributed by atoms with van der Waals surface area (Å²) >= 11 is 0. The Balaban J connectivity index is 1.45. The molecule has 1 saturated heterocycles. The van der Waals surface area contributed by atoms with Gasteiger partial charge in [-0.1, -0.05) is 12.1 Å². The van der Waals surface area contributed by atoms with E-state index in [1.165, 1.54) is 37.9 Å². The summed E-state index contributed by atoms with van der Waals surface area (Å²) in [4.78, 5) is 2.68. The van der Waals surface area contributed by atoms with Crippen molar-refractivity contribution in [1.82, 2.24) is 10.2 Å². The Bertz CT molecular complexity index is 427. The zero-order chi connectivity index (χ0) is 13.9. The number of nitrogens with one attached hydrogen (secondary N) is 1. The molecule has 2 unspecified atom stereocenters. The van der Waals surface area contributed by atoms with E-state index in [-0.39, 0.29) is 0 Å². The standard InChI is InChI=1S/C17H26N2O/c1-13(15-3-7-17(20-2)8-4-15)18-11-14-9-10-19(12-14)16-5-6-16/h3-4,7-8,13-14,16,18H,5-6,9-12H2,1-2H3. The van der Waals surface area contributed by atoms with Crippen molar-refractivity contribution in [3.63, 3.8) is 0 Å². The topological polar surface area (TPSA) is 24.5 Å². The zero-order valence-electron chi connectivity index (χ0n) is 12.6. The molecule has 2 aliphatic rings. The monoisotopic (exact) mass is 274 g/mol. The van der Waals surface area contributed by atoms with Crippen molar-refractivity contribution in [3.8, 4) is 5.75 Å². The van der Waals surface area contributed by atoms with Crippen molar-refractivity contribution in [3.05, 3.63) is 29.8 Å². The van der Waals surface area contributed by atoms with Gasteiger partial charge >= 0.3 is 0 Å². The second-order valence-electron chi connectivity index (χ2n) is 6.28. The van der Waals surface area contributed by atoms with Crippen LogP contribution in [0.5, 0.6) is 5.75 Å². The van der Waals surface area contributed by atoms with Gasteiger partial charge in [-0.2, -0.15) is 0 Å². The smallest absolute Gasteiger partial charge is 0.118 e. The molecule has 1 aliphatic heterocycles. The third-order valence-corrected chi connectivity index (χ3v) is 4.71. The van der Waals surface area contributed by atoms with Crippen LogP contribution >= 0.6 is 0 Å². The highest BCUT2D eigenvalue weighted by atomic mass is 16.5. The van der Waals surface area contributed by atoms with Crippen LogP contribution in [-0.2, 0) is 0 Å². The summed E-state index contributed by atoms with van der Waals surface area (Å²) < 4.78 is 5.20. The van der Waals surface area contributed by atoms with Gasteiger partial charge in [0, 0.05) is 18.6 Å². The lowest BCUT2D eigenvalue weighted by Crippen LogP contribution is -2.29. The predicted octanol–water partition coefficient (Wildman–Crippen LogP) is 2.83. The maximum Gasteiger partial charge on any atom is 0.118 e. The van der Waals surface area contributed by atoms with E-state index in [1.807, 2.05) is 12.1 Å². The lowest BCUT2D eigenvalue weighted by Gasteiger charge is -2.19. The van der Waals surface area contributed by atoms with Crippen LogP contribution in [0, 0.1) is 5.92 Å². The Morgan fingerprint density at radius 3 is 2.65 bits per heavy atom. The summed E-state index contributed by atoms with van der Waals surface area (Å²) in [6.45, 7) is 5.99. The molecule has 0 aromatic heterocycles. The molecule has 110 valence electrons. The van der Waals surface area contributed by atoms with Gasteiger partial charge in [-0.15, -0.1) is 0 Å². The molecule has 0 amide bonds. The molecule has 1 heterocycles. The minimum absolute atomic E-state index is 0.413. The summed E-state index contributed by atoms with van der Waals surface area (Å²) in [5.74, 6) is 1.76. The second kappa shape index (κ2) is 6.15. The first-order valence-corrected chi connectivity index (χ1v) is 7.87. The molecule has 0 radical (unpaired) electrons. The molecule has 0 spiro atoms. The lowest BCUT2D eigenvalue weighted by molar-refractivity contribution is 0.310. The Morgan fingerprint density at radius 1 is 1.25 bits per heavy atom. The molecule has 3 rings (SSSR count). The molecule has 3 heteroatoms. The van der Waals surface area contributed by atoms with Gasteiger partial charge in [0.2, 0.25) is 0 Å². The van der Waals surface area contributed by atoms with Gasteiger partial charge in [-0.25, -0.2) is 0 Å². The fourth-order valence-electron chi connectivity index (χ4n) is 3.15. The van der Waals surface area contributed by atoms with Gasteiger partial charge in [-0.3, -0.25) is 0 Å².